The first-order valence-electron chi connectivity index (χ1n) is 9.26. The maximum atomic E-state index is 12.7. The number of aromatic nitrogens is 1. The molecule has 0 saturated carbocycles. The molecule has 0 atom stereocenters. The van der Waals surface area contributed by atoms with Gasteiger partial charge in [0.15, 0.2) is 0 Å². The lowest BCUT2D eigenvalue weighted by Crippen LogP contribution is -2.14. The molecule has 29 heavy (non-hydrogen) atoms. The number of amides is 1. The fourth-order valence-corrected chi connectivity index (χ4v) is 3.43. The molecule has 3 aromatic rings. The second-order valence-electron chi connectivity index (χ2n) is 7.01. The van der Waals surface area contributed by atoms with Crippen molar-refractivity contribution in [3.8, 4) is 11.8 Å². The van der Waals surface area contributed by atoms with E-state index >= 15 is 0 Å². The van der Waals surface area contributed by atoms with E-state index in [2.05, 4.69) is 9.88 Å². The van der Waals surface area contributed by atoms with Crippen LogP contribution in [0.3, 0.4) is 0 Å². The molecule has 2 aromatic carbocycles. The Bertz CT molecular complexity index is 1150. The van der Waals surface area contributed by atoms with E-state index in [4.69, 9.17) is 11.6 Å². The first-order valence-corrected chi connectivity index (χ1v) is 9.64. The van der Waals surface area contributed by atoms with Crippen molar-refractivity contribution < 1.29 is 4.79 Å². The van der Waals surface area contributed by atoms with Gasteiger partial charge < -0.3 is 9.88 Å². The first-order chi connectivity index (χ1) is 13.8. The highest BCUT2D eigenvalue weighted by atomic mass is 35.5. The lowest BCUT2D eigenvalue weighted by molar-refractivity contribution is -0.112. The minimum absolute atomic E-state index is 0.0577. The van der Waals surface area contributed by atoms with E-state index in [1.165, 1.54) is 0 Å². The molecule has 0 saturated heterocycles. The quantitative estimate of drug-likeness (QED) is 0.434. The van der Waals surface area contributed by atoms with E-state index in [9.17, 15) is 10.1 Å². The van der Waals surface area contributed by atoms with Crippen molar-refractivity contribution in [3.63, 3.8) is 0 Å². The van der Waals surface area contributed by atoms with Gasteiger partial charge in [-0.15, -0.1) is 0 Å². The highest BCUT2D eigenvalue weighted by Crippen LogP contribution is 2.24. The van der Waals surface area contributed by atoms with Gasteiger partial charge >= 0.3 is 0 Å². The second kappa shape index (κ2) is 8.38. The average molecular weight is 404 g/mol. The van der Waals surface area contributed by atoms with Crippen LogP contribution in [0.25, 0.3) is 11.8 Å². The van der Waals surface area contributed by atoms with Crippen molar-refractivity contribution in [2.45, 2.75) is 27.7 Å². The van der Waals surface area contributed by atoms with Crippen LogP contribution in [0.2, 0.25) is 5.02 Å². The van der Waals surface area contributed by atoms with Crippen LogP contribution in [0.4, 0.5) is 5.69 Å². The molecule has 1 N–H and O–H groups in total. The lowest BCUT2D eigenvalue weighted by atomic mass is 10.1. The van der Waals surface area contributed by atoms with Gasteiger partial charge in [-0.25, -0.2) is 0 Å². The van der Waals surface area contributed by atoms with Crippen molar-refractivity contribution in [3.05, 3.63) is 87.2 Å². The Balaban J connectivity index is 1.94. The van der Waals surface area contributed by atoms with Gasteiger partial charge in [0.2, 0.25) is 0 Å². The predicted molar refractivity (Wildman–Crippen MR) is 118 cm³/mol. The predicted octanol–water partition coefficient (Wildman–Crippen LogP) is 5.91. The van der Waals surface area contributed by atoms with Crippen molar-refractivity contribution in [1.82, 2.24) is 4.57 Å². The lowest BCUT2D eigenvalue weighted by Gasteiger charge is -2.10. The molecule has 146 valence electrons. The molecule has 0 aliphatic carbocycles. The minimum Gasteiger partial charge on any atom is -0.321 e. The maximum absolute atomic E-state index is 12.7. The third kappa shape index (κ3) is 4.26. The molecule has 0 aliphatic rings. The fourth-order valence-electron chi connectivity index (χ4n) is 3.30. The van der Waals surface area contributed by atoms with E-state index in [1.807, 2.05) is 82.3 Å². The van der Waals surface area contributed by atoms with Crippen LogP contribution in [-0.4, -0.2) is 10.5 Å². The Labute approximate surface area is 176 Å². The summed E-state index contributed by atoms with van der Waals surface area (Å²) in [6.45, 7) is 7.88. The smallest absolute Gasteiger partial charge is 0.266 e. The number of rotatable bonds is 4. The number of carbonyl (C=O) groups excluding carboxylic acids is 1. The van der Waals surface area contributed by atoms with Gasteiger partial charge in [0.25, 0.3) is 5.91 Å². The van der Waals surface area contributed by atoms with Gasteiger partial charge in [-0.1, -0.05) is 23.7 Å². The van der Waals surface area contributed by atoms with Gasteiger partial charge in [-0.3, -0.25) is 4.79 Å². The largest absolute Gasteiger partial charge is 0.321 e. The monoisotopic (exact) mass is 403 g/mol. The number of nitrogens with one attached hydrogen (secondary N) is 1. The van der Waals surface area contributed by atoms with E-state index in [1.54, 1.807) is 6.08 Å². The molecule has 1 amide bonds. The van der Waals surface area contributed by atoms with Crippen LogP contribution in [0.5, 0.6) is 0 Å². The van der Waals surface area contributed by atoms with Crippen LogP contribution in [0.1, 0.15) is 28.1 Å². The fraction of sp³-hybridized carbons (Fsp3) is 0.167. The highest BCUT2D eigenvalue weighted by Gasteiger charge is 2.15. The van der Waals surface area contributed by atoms with E-state index in [0.29, 0.717) is 10.7 Å². The molecule has 1 aromatic heterocycles. The number of aryl methyl sites for hydroxylation is 2. The number of hydrogen-bond acceptors (Lipinski definition) is 2. The Morgan fingerprint density at radius 3 is 2.45 bits per heavy atom. The molecule has 0 spiro atoms. The molecule has 0 unspecified atom stereocenters. The highest BCUT2D eigenvalue weighted by molar-refractivity contribution is 6.30. The summed E-state index contributed by atoms with van der Waals surface area (Å²) in [4.78, 5) is 12.7. The van der Waals surface area contributed by atoms with Crippen LogP contribution in [0.15, 0.2) is 54.1 Å². The first kappa shape index (κ1) is 20.4. The van der Waals surface area contributed by atoms with Crippen molar-refractivity contribution in [2.75, 3.05) is 5.32 Å². The van der Waals surface area contributed by atoms with Crippen molar-refractivity contribution >= 4 is 29.3 Å². The number of halogens is 1. The van der Waals surface area contributed by atoms with Crippen molar-refractivity contribution in [1.29, 1.82) is 5.26 Å². The minimum atomic E-state index is -0.419. The topological polar surface area (TPSA) is 57.8 Å². The molecular weight excluding hydrogens is 382 g/mol. The molecular formula is C24H22ClN3O. The summed E-state index contributed by atoms with van der Waals surface area (Å²) in [6, 6.07) is 17.2. The molecule has 1 heterocycles. The summed E-state index contributed by atoms with van der Waals surface area (Å²) in [5.41, 5.74) is 6.58. The molecule has 0 fully saturated rings. The number of carbonyl (C=O) groups is 1. The van der Waals surface area contributed by atoms with E-state index in [0.717, 1.165) is 33.8 Å². The zero-order valence-corrected chi connectivity index (χ0v) is 17.6. The third-order valence-electron chi connectivity index (χ3n) is 5.07. The second-order valence-corrected chi connectivity index (χ2v) is 7.45. The number of nitriles is 1. The van der Waals surface area contributed by atoms with Crippen LogP contribution < -0.4 is 5.32 Å². The summed E-state index contributed by atoms with van der Waals surface area (Å²) in [5.74, 6) is -0.419. The standard InChI is InChI=1S/C24H22ClN3O/c1-15-6-5-7-23(17(15)3)27-24(29)20(14-26)13-19-12-16(2)28(18(19)4)22-10-8-21(25)9-11-22/h5-13H,1-4H3,(H,27,29)/b20-13-. The Hall–Kier alpha value is -3.29. The van der Waals surface area contributed by atoms with Gasteiger partial charge in [0.1, 0.15) is 11.6 Å². The normalized spacial score (nSPS) is 11.2. The summed E-state index contributed by atoms with van der Waals surface area (Å²) in [5, 5.41) is 13.1. The Morgan fingerprint density at radius 2 is 1.79 bits per heavy atom. The van der Waals surface area contributed by atoms with Gasteiger partial charge in [0, 0.05) is 27.8 Å². The zero-order valence-electron chi connectivity index (χ0n) is 16.9. The zero-order chi connectivity index (χ0) is 21.1. The van der Waals surface area contributed by atoms with Gasteiger partial charge in [-0.05, 0) is 86.9 Å². The summed E-state index contributed by atoms with van der Waals surface area (Å²) in [7, 11) is 0. The molecule has 3 rings (SSSR count). The average Bonchev–Trinajstić information content (AvgIpc) is 2.97. The number of nitrogens with zero attached hydrogens (tertiary/aromatic N) is 2. The van der Waals surface area contributed by atoms with Crippen LogP contribution in [0, 0.1) is 39.0 Å². The molecule has 4 nitrogen and oxygen atoms in total. The molecule has 0 bridgehead atoms. The van der Waals surface area contributed by atoms with E-state index < -0.39 is 5.91 Å². The SMILES string of the molecule is Cc1cccc(NC(=O)/C(C#N)=C\c2cc(C)n(-c3ccc(Cl)cc3)c2C)c1C. The number of hydrogen-bond donors (Lipinski definition) is 1. The van der Waals surface area contributed by atoms with Crippen LogP contribution in [-0.2, 0) is 4.79 Å². The van der Waals surface area contributed by atoms with Crippen LogP contribution >= 0.6 is 11.6 Å². The third-order valence-corrected chi connectivity index (χ3v) is 5.32. The summed E-state index contributed by atoms with van der Waals surface area (Å²) >= 11 is 5.99. The van der Waals surface area contributed by atoms with Gasteiger partial charge in [-0.2, -0.15) is 5.26 Å². The molecule has 5 heteroatoms. The number of anilines is 1. The maximum Gasteiger partial charge on any atom is 0.266 e. The molecule has 0 radical (unpaired) electrons. The van der Waals surface area contributed by atoms with Crippen molar-refractivity contribution in [2.24, 2.45) is 0 Å². The Morgan fingerprint density at radius 1 is 1.10 bits per heavy atom. The van der Waals surface area contributed by atoms with E-state index in [-0.39, 0.29) is 5.57 Å². The summed E-state index contributed by atoms with van der Waals surface area (Å²) in [6.07, 6.45) is 1.63. The summed E-state index contributed by atoms with van der Waals surface area (Å²) < 4.78 is 2.07. The van der Waals surface area contributed by atoms with Gasteiger partial charge in [0.05, 0.1) is 0 Å². The Kier molecular flexibility index (Phi) is 5.91. The molecule has 0 aliphatic heterocycles. The number of benzene rings is 2.